The maximum absolute atomic E-state index is 12.7. The van der Waals surface area contributed by atoms with Crippen molar-refractivity contribution in [2.24, 2.45) is 0 Å². The summed E-state index contributed by atoms with van der Waals surface area (Å²) in [5.74, 6) is -2.21. The van der Waals surface area contributed by atoms with Gasteiger partial charge >= 0.3 is 18.1 Å². The number of esters is 2. The van der Waals surface area contributed by atoms with E-state index in [2.05, 4.69) is 11.9 Å². The number of alkyl halides is 3. The fourth-order valence-electron chi connectivity index (χ4n) is 2.43. The molecule has 0 aliphatic rings. The van der Waals surface area contributed by atoms with Crippen LogP contribution in [-0.4, -0.2) is 31.1 Å². The summed E-state index contributed by atoms with van der Waals surface area (Å²) in [6, 6.07) is 3.58. The number of halogens is 3. The van der Waals surface area contributed by atoms with Crippen molar-refractivity contribution in [1.82, 2.24) is 0 Å². The molecule has 0 spiro atoms. The van der Waals surface area contributed by atoms with Crippen LogP contribution >= 0.6 is 11.3 Å². The number of benzene rings is 1. The minimum Gasteiger partial charge on any atom is -0.462 e. The third-order valence-corrected chi connectivity index (χ3v) is 5.03. The van der Waals surface area contributed by atoms with E-state index in [0.717, 1.165) is 35.6 Å². The average Bonchev–Trinajstić information content (AvgIpc) is 3.01. The Morgan fingerprint density at radius 2 is 1.77 bits per heavy atom. The number of hydrogen-bond acceptors (Lipinski definition) is 6. The maximum Gasteiger partial charge on any atom is 0.416 e. The highest BCUT2D eigenvalue weighted by molar-refractivity contribution is 7.18. The van der Waals surface area contributed by atoms with Gasteiger partial charge in [0.2, 0.25) is 0 Å². The molecule has 2 aromatic rings. The minimum atomic E-state index is -4.53. The molecule has 0 aliphatic heterocycles. The monoisotopic (exact) mass is 441 g/mol. The molecule has 10 heteroatoms. The molecule has 0 saturated heterocycles. The number of hydrogen-bond donors (Lipinski definition) is 1. The van der Waals surface area contributed by atoms with Gasteiger partial charge in [-0.15, -0.1) is 11.3 Å². The second kappa shape index (κ2) is 9.57. The Labute approximate surface area is 174 Å². The van der Waals surface area contributed by atoms with Crippen LogP contribution in [0.5, 0.6) is 0 Å². The van der Waals surface area contributed by atoms with E-state index >= 15 is 0 Å². The predicted octanol–water partition coefficient (Wildman–Crippen LogP) is 4.85. The van der Waals surface area contributed by atoms with Gasteiger partial charge in [-0.3, -0.25) is 4.79 Å². The summed E-state index contributed by atoms with van der Waals surface area (Å²) >= 11 is 0.808. The molecule has 0 aliphatic carbocycles. The Balaban J connectivity index is 2.36. The molecule has 0 radical (unpaired) electrons. The molecule has 0 atom stereocenters. The first-order valence-electron chi connectivity index (χ1n) is 8.67. The van der Waals surface area contributed by atoms with Gasteiger partial charge in [-0.1, -0.05) is 12.7 Å². The van der Waals surface area contributed by atoms with Crippen LogP contribution in [0.15, 0.2) is 36.9 Å². The van der Waals surface area contributed by atoms with Crippen molar-refractivity contribution in [3.05, 3.63) is 64.1 Å². The van der Waals surface area contributed by atoms with E-state index in [1.807, 2.05) is 0 Å². The summed E-state index contributed by atoms with van der Waals surface area (Å²) in [7, 11) is 0. The van der Waals surface area contributed by atoms with Crippen LogP contribution in [0.4, 0.5) is 18.2 Å². The largest absolute Gasteiger partial charge is 0.462 e. The molecule has 0 saturated carbocycles. The Kier molecular flexibility index (Phi) is 7.38. The van der Waals surface area contributed by atoms with Crippen molar-refractivity contribution >= 4 is 34.2 Å². The topological polar surface area (TPSA) is 81.7 Å². The molecule has 0 bridgehead atoms. The first-order chi connectivity index (χ1) is 14.1. The van der Waals surface area contributed by atoms with Gasteiger partial charge in [0, 0.05) is 5.56 Å². The van der Waals surface area contributed by atoms with Crippen molar-refractivity contribution in [3.63, 3.8) is 0 Å². The molecule has 1 aromatic carbocycles. The summed E-state index contributed by atoms with van der Waals surface area (Å²) in [6.45, 7) is 6.56. The minimum absolute atomic E-state index is 0.0207. The third-order valence-electron chi connectivity index (χ3n) is 3.85. The van der Waals surface area contributed by atoms with E-state index in [9.17, 15) is 27.6 Å². The highest BCUT2D eigenvalue weighted by atomic mass is 32.1. The van der Waals surface area contributed by atoms with Crippen LogP contribution in [-0.2, 0) is 15.7 Å². The first-order valence-corrected chi connectivity index (χ1v) is 9.48. The van der Waals surface area contributed by atoms with Gasteiger partial charge in [0.15, 0.2) is 0 Å². The van der Waals surface area contributed by atoms with Crippen LogP contribution in [0.2, 0.25) is 0 Å². The van der Waals surface area contributed by atoms with Gasteiger partial charge in [-0.25, -0.2) is 9.59 Å². The lowest BCUT2D eigenvalue weighted by molar-refractivity contribution is -0.137. The quantitative estimate of drug-likeness (QED) is 0.491. The molecule has 0 fully saturated rings. The molecular formula is C20H18F3NO5S. The summed E-state index contributed by atoms with van der Waals surface area (Å²) < 4.78 is 48.0. The highest BCUT2D eigenvalue weighted by Crippen LogP contribution is 2.35. The van der Waals surface area contributed by atoms with Crippen LogP contribution in [0.1, 0.15) is 48.4 Å². The van der Waals surface area contributed by atoms with Crippen molar-refractivity contribution < 1.29 is 37.0 Å². The number of carbonyl (C=O) groups is 3. The molecule has 2 rings (SSSR count). The molecule has 1 aromatic heterocycles. The Morgan fingerprint density at radius 1 is 1.13 bits per heavy atom. The molecule has 160 valence electrons. The first kappa shape index (κ1) is 23.1. The molecule has 0 unspecified atom stereocenters. The second-order valence-corrected chi connectivity index (χ2v) is 6.92. The molecule has 30 heavy (non-hydrogen) atoms. The maximum atomic E-state index is 12.7. The number of rotatable bonds is 7. The number of carbonyl (C=O) groups excluding carboxylic acids is 3. The van der Waals surface area contributed by atoms with Crippen LogP contribution in [0.25, 0.3) is 0 Å². The van der Waals surface area contributed by atoms with Gasteiger partial charge in [-0.2, -0.15) is 13.2 Å². The smallest absolute Gasteiger partial charge is 0.416 e. The number of ether oxygens (including phenoxy) is 2. The van der Waals surface area contributed by atoms with Gasteiger partial charge in [0.05, 0.1) is 17.7 Å². The average molecular weight is 441 g/mol. The van der Waals surface area contributed by atoms with Gasteiger partial charge < -0.3 is 14.8 Å². The van der Waals surface area contributed by atoms with E-state index in [4.69, 9.17) is 9.47 Å². The van der Waals surface area contributed by atoms with Crippen LogP contribution < -0.4 is 5.32 Å². The van der Waals surface area contributed by atoms with E-state index in [0.29, 0.717) is 0 Å². The second-order valence-electron chi connectivity index (χ2n) is 5.90. The van der Waals surface area contributed by atoms with E-state index in [1.54, 1.807) is 6.92 Å². The zero-order valence-corrected chi connectivity index (χ0v) is 16.9. The number of amides is 1. The number of thiophene rings is 1. The lowest BCUT2D eigenvalue weighted by Gasteiger charge is -2.09. The SMILES string of the molecule is C=CCOC(=O)c1sc(NC(=O)c2ccc(C(F)(F)F)cc2)c(C(=O)OCC)c1C. The summed E-state index contributed by atoms with van der Waals surface area (Å²) in [5.41, 5.74) is -0.715. The normalized spacial score (nSPS) is 11.0. The summed E-state index contributed by atoms with van der Waals surface area (Å²) in [5, 5.41) is 2.50. The lowest BCUT2D eigenvalue weighted by atomic mass is 10.1. The molecule has 1 amide bonds. The highest BCUT2D eigenvalue weighted by Gasteiger charge is 2.31. The number of anilines is 1. The van der Waals surface area contributed by atoms with Crippen LogP contribution in [0, 0.1) is 6.92 Å². The molecule has 6 nitrogen and oxygen atoms in total. The van der Waals surface area contributed by atoms with Crippen molar-refractivity contribution in [2.45, 2.75) is 20.0 Å². The third kappa shape index (κ3) is 5.26. The Morgan fingerprint density at radius 3 is 2.30 bits per heavy atom. The summed E-state index contributed by atoms with van der Waals surface area (Å²) in [4.78, 5) is 37.2. The summed E-state index contributed by atoms with van der Waals surface area (Å²) in [6.07, 6.45) is -3.15. The molecular weight excluding hydrogens is 423 g/mol. The standard InChI is InChI=1S/C20H18F3NO5S/c1-4-10-29-19(27)15-11(3)14(18(26)28-5-2)17(30-15)24-16(25)12-6-8-13(9-7-12)20(21,22)23/h4,6-9H,1,5,10H2,2-3H3,(H,24,25). The molecule has 1 heterocycles. The van der Waals surface area contributed by atoms with E-state index in [1.165, 1.54) is 13.0 Å². The predicted molar refractivity (Wildman–Crippen MR) is 105 cm³/mol. The van der Waals surface area contributed by atoms with Gasteiger partial charge in [0.25, 0.3) is 5.91 Å². The van der Waals surface area contributed by atoms with Gasteiger partial charge in [0.1, 0.15) is 16.5 Å². The fraction of sp³-hybridized carbons (Fsp3) is 0.250. The van der Waals surface area contributed by atoms with Crippen molar-refractivity contribution in [3.8, 4) is 0 Å². The lowest BCUT2D eigenvalue weighted by Crippen LogP contribution is -2.15. The van der Waals surface area contributed by atoms with E-state index in [-0.39, 0.29) is 39.8 Å². The Bertz CT molecular complexity index is 964. The number of nitrogens with one attached hydrogen (secondary N) is 1. The van der Waals surface area contributed by atoms with Gasteiger partial charge in [-0.05, 0) is 43.7 Å². The zero-order chi connectivity index (χ0) is 22.5. The fourth-order valence-corrected chi connectivity index (χ4v) is 3.52. The van der Waals surface area contributed by atoms with Crippen molar-refractivity contribution in [1.29, 1.82) is 0 Å². The van der Waals surface area contributed by atoms with E-state index < -0.39 is 29.6 Å². The molecule has 1 N–H and O–H groups in total. The Hall–Kier alpha value is -3.14. The van der Waals surface area contributed by atoms with Crippen LogP contribution in [0.3, 0.4) is 0 Å². The zero-order valence-electron chi connectivity index (χ0n) is 16.1. The van der Waals surface area contributed by atoms with Crippen molar-refractivity contribution in [2.75, 3.05) is 18.5 Å².